The van der Waals surface area contributed by atoms with Gasteiger partial charge in [0, 0.05) is 10.6 Å². The van der Waals surface area contributed by atoms with E-state index in [0.717, 1.165) is 29.7 Å². The zero-order chi connectivity index (χ0) is 16.7. The van der Waals surface area contributed by atoms with Crippen LogP contribution in [0.3, 0.4) is 0 Å². The smallest absolute Gasteiger partial charge is 0.138 e. The molecule has 0 spiro atoms. The second kappa shape index (κ2) is 9.12. The van der Waals surface area contributed by atoms with Crippen LogP contribution in [0.15, 0.2) is 35.4 Å². The summed E-state index contributed by atoms with van der Waals surface area (Å²) >= 11 is 12.1. The SMILES string of the molecule is C=C(Cl)CC(CC)/C(C)=C(/OC)c1ccc(Cl)c(OCC)c1. The monoisotopic (exact) mass is 342 g/mol. The van der Waals surface area contributed by atoms with Gasteiger partial charge in [0.05, 0.1) is 18.7 Å². The van der Waals surface area contributed by atoms with E-state index in [2.05, 4.69) is 20.4 Å². The lowest BCUT2D eigenvalue weighted by atomic mass is 9.91. The van der Waals surface area contributed by atoms with Crippen molar-refractivity contribution < 1.29 is 9.47 Å². The highest BCUT2D eigenvalue weighted by Crippen LogP contribution is 2.34. The van der Waals surface area contributed by atoms with Crippen molar-refractivity contribution in [3.8, 4) is 5.75 Å². The summed E-state index contributed by atoms with van der Waals surface area (Å²) in [5.41, 5.74) is 2.10. The van der Waals surface area contributed by atoms with Gasteiger partial charge in [-0.15, -0.1) is 0 Å². The van der Waals surface area contributed by atoms with E-state index in [1.165, 1.54) is 0 Å². The maximum Gasteiger partial charge on any atom is 0.138 e. The van der Waals surface area contributed by atoms with Gasteiger partial charge in [0.1, 0.15) is 11.5 Å². The van der Waals surface area contributed by atoms with Crippen molar-refractivity contribution in [2.75, 3.05) is 13.7 Å². The molecule has 1 unspecified atom stereocenters. The number of halogens is 2. The first-order valence-electron chi connectivity index (χ1n) is 7.45. The van der Waals surface area contributed by atoms with Crippen LogP contribution < -0.4 is 4.74 Å². The second-order valence-corrected chi connectivity index (χ2v) is 6.06. The van der Waals surface area contributed by atoms with Gasteiger partial charge < -0.3 is 9.47 Å². The molecule has 1 atom stereocenters. The van der Waals surface area contributed by atoms with E-state index >= 15 is 0 Å². The van der Waals surface area contributed by atoms with Crippen molar-refractivity contribution in [2.24, 2.45) is 5.92 Å². The van der Waals surface area contributed by atoms with Crippen molar-refractivity contribution in [3.63, 3.8) is 0 Å². The molecule has 22 heavy (non-hydrogen) atoms. The molecule has 2 nitrogen and oxygen atoms in total. The highest BCUT2D eigenvalue weighted by molar-refractivity contribution is 6.32. The Morgan fingerprint density at radius 2 is 2.00 bits per heavy atom. The number of hydrogen-bond acceptors (Lipinski definition) is 2. The summed E-state index contributed by atoms with van der Waals surface area (Å²) in [5.74, 6) is 1.80. The van der Waals surface area contributed by atoms with Crippen molar-refractivity contribution in [1.29, 1.82) is 0 Å². The molecule has 0 bridgehead atoms. The molecule has 0 heterocycles. The number of methoxy groups -OCH3 is 1. The molecule has 1 aromatic carbocycles. The van der Waals surface area contributed by atoms with Crippen molar-refractivity contribution in [3.05, 3.63) is 46.0 Å². The average molecular weight is 343 g/mol. The van der Waals surface area contributed by atoms with Crippen LogP contribution in [0.25, 0.3) is 5.76 Å². The Morgan fingerprint density at radius 1 is 1.32 bits per heavy atom. The number of rotatable bonds is 8. The van der Waals surface area contributed by atoms with E-state index in [1.54, 1.807) is 7.11 Å². The molecule has 0 saturated carbocycles. The highest BCUT2D eigenvalue weighted by Gasteiger charge is 2.17. The highest BCUT2D eigenvalue weighted by atomic mass is 35.5. The van der Waals surface area contributed by atoms with E-state index in [1.807, 2.05) is 25.1 Å². The Morgan fingerprint density at radius 3 is 2.50 bits per heavy atom. The second-order valence-electron chi connectivity index (χ2n) is 5.12. The van der Waals surface area contributed by atoms with Gasteiger partial charge in [-0.1, -0.05) is 36.7 Å². The van der Waals surface area contributed by atoms with Gasteiger partial charge in [0.15, 0.2) is 0 Å². The van der Waals surface area contributed by atoms with E-state index in [4.69, 9.17) is 32.7 Å². The summed E-state index contributed by atoms with van der Waals surface area (Å²) < 4.78 is 11.2. The predicted molar refractivity (Wildman–Crippen MR) is 95.6 cm³/mol. The third-order valence-corrected chi connectivity index (χ3v) is 4.10. The Labute approximate surface area is 143 Å². The molecule has 0 amide bonds. The molecular weight excluding hydrogens is 319 g/mol. The minimum Gasteiger partial charge on any atom is -0.496 e. The quantitative estimate of drug-likeness (QED) is 0.517. The summed E-state index contributed by atoms with van der Waals surface area (Å²) in [4.78, 5) is 0. The van der Waals surface area contributed by atoms with Gasteiger partial charge in [0.2, 0.25) is 0 Å². The third kappa shape index (κ3) is 4.96. The standard InChI is InChI=1S/C18H24Cl2O2/c1-6-14(10-12(3)19)13(4)18(21-5)15-8-9-16(20)17(11-15)22-7-2/h8-9,11,14H,3,6-7,10H2,1-2,4-5H3/b18-13+. The first kappa shape index (κ1) is 18.9. The fraction of sp³-hybridized carbons (Fsp3) is 0.444. The zero-order valence-corrected chi connectivity index (χ0v) is 15.2. The minimum atomic E-state index is 0.297. The summed E-state index contributed by atoms with van der Waals surface area (Å²) in [6, 6.07) is 5.68. The van der Waals surface area contributed by atoms with Crippen LogP contribution >= 0.6 is 23.2 Å². The van der Waals surface area contributed by atoms with Crippen molar-refractivity contribution in [2.45, 2.75) is 33.6 Å². The summed E-state index contributed by atoms with van der Waals surface area (Å²) in [7, 11) is 1.68. The Balaban J connectivity index is 3.25. The molecule has 0 N–H and O–H groups in total. The number of ether oxygens (including phenoxy) is 2. The number of benzene rings is 1. The molecule has 1 rings (SSSR count). The largest absolute Gasteiger partial charge is 0.496 e. The molecule has 122 valence electrons. The molecular formula is C18H24Cl2O2. The Kier molecular flexibility index (Phi) is 7.84. The van der Waals surface area contributed by atoms with Crippen molar-refractivity contribution in [1.82, 2.24) is 0 Å². The topological polar surface area (TPSA) is 18.5 Å². The molecule has 0 saturated heterocycles. The molecule has 4 heteroatoms. The van der Waals surface area contributed by atoms with Crippen LogP contribution in [0.1, 0.15) is 39.2 Å². The first-order chi connectivity index (χ1) is 10.4. The lowest BCUT2D eigenvalue weighted by Crippen LogP contribution is -2.05. The van der Waals surface area contributed by atoms with Gasteiger partial charge in [-0.3, -0.25) is 0 Å². The molecule has 0 radical (unpaired) electrons. The average Bonchev–Trinajstić information content (AvgIpc) is 2.48. The fourth-order valence-electron chi connectivity index (χ4n) is 2.47. The zero-order valence-electron chi connectivity index (χ0n) is 13.7. The van der Waals surface area contributed by atoms with E-state index in [0.29, 0.717) is 28.3 Å². The summed E-state index contributed by atoms with van der Waals surface area (Å²) in [6.45, 7) is 10.5. The third-order valence-electron chi connectivity index (χ3n) is 3.63. The van der Waals surface area contributed by atoms with Gasteiger partial charge in [-0.25, -0.2) is 0 Å². The van der Waals surface area contributed by atoms with E-state index < -0.39 is 0 Å². The molecule has 0 aromatic heterocycles. The lowest BCUT2D eigenvalue weighted by Gasteiger charge is -2.20. The lowest BCUT2D eigenvalue weighted by molar-refractivity contribution is 0.338. The molecule has 1 aromatic rings. The van der Waals surface area contributed by atoms with Gasteiger partial charge in [-0.2, -0.15) is 0 Å². The van der Waals surface area contributed by atoms with Crippen LogP contribution in [-0.4, -0.2) is 13.7 Å². The molecule has 0 fully saturated rings. The van der Waals surface area contributed by atoms with Crippen LogP contribution in [-0.2, 0) is 4.74 Å². The first-order valence-corrected chi connectivity index (χ1v) is 8.20. The molecule has 0 aliphatic rings. The molecule has 0 aliphatic heterocycles. The van der Waals surface area contributed by atoms with Gasteiger partial charge in [-0.05, 0) is 56.4 Å². The van der Waals surface area contributed by atoms with E-state index in [-0.39, 0.29) is 0 Å². The molecule has 0 aliphatic carbocycles. The number of hydrogen-bond donors (Lipinski definition) is 0. The van der Waals surface area contributed by atoms with Gasteiger partial charge >= 0.3 is 0 Å². The fourth-order valence-corrected chi connectivity index (χ4v) is 2.83. The maximum absolute atomic E-state index is 6.15. The van der Waals surface area contributed by atoms with Crippen LogP contribution in [0.5, 0.6) is 5.75 Å². The Bertz CT molecular complexity index is 550. The Hall–Kier alpha value is -1.12. The summed E-state index contributed by atoms with van der Waals surface area (Å²) in [5, 5.41) is 1.26. The maximum atomic E-state index is 6.15. The minimum absolute atomic E-state index is 0.297. The van der Waals surface area contributed by atoms with E-state index in [9.17, 15) is 0 Å². The summed E-state index contributed by atoms with van der Waals surface area (Å²) in [6.07, 6.45) is 1.71. The van der Waals surface area contributed by atoms with Crippen LogP contribution in [0, 0.1) is 5.92 Å². The van der Waals surface area contributed by atoms with Crippen LogP contribution in [0.4, 0.5) is 0 Å². The number of allylic oxidation sites excluding steroid dienone is 2. The van der Waals surface area contributed by atoms with Crippen LogP contribution in [0.2, 0.25) is 5.02 Å². The van der Waals surface area contributed by atoms with Crippen molar-refractivity contribution >= 4 is 29.0 Å². The predicted octanol–water partition coefficient (Wildman–Crippen LogP) is 6.28. The normalized spacial score (nSPS) is 13.4. The van der Waals surface area contributed by atoms with Gasteiger partial charge in [0.25, 0.3) is 0 Å².